The Balaban J connectivity index is 1.86. The Bertz CT molecular complexity index is 1160. The molecule has 3 rings (SSSR count). The molecule has 1 heterocycles. The minimum atomic E-state index is -4.25. The Morgan fingerprint density at radius 3 is 2.57 bits per heavy atom. The van der Waals surface area contributed by atoms with Crippen LogP contribution in [0.4, 0.5) is 0 Å². The molecular formula is C17H14Cl2N4O4S. The highest BCUT2D eigenvalue weighted by molar-refractivity contribution is 7.90. The number of benzene rings is 2. The second-order valence-corrected chi connectivity index (χ2v) is 8.20. The lowest BCUT2D eigenvalue weighted by atomic mass is 10.2. The third kappa shape index (κ3) is 4.11. The number of rotatable bonds is 5. The number of nitrogens with zero attached hydrogens (tertiary/aromatic N) is 3. The van der Waals surface area contributed by atoms with Gasteiger partial charge in [0.15, 0.2) is 5.69 Å². The van der Waals surface area contributed by atoms with E-state index in [9.17, 15) is 13.2 Å². The maximum absolute atomic E-state index is 12.5. The molecule has 11 heteroatoms. The first-order valence-corrected chi connectivity index (χ1v) is 10.0. The molecule has 0 spiro atoms. The topological polar surface area (TPSA) is 103 Å². The van der Waals surface area contributed by atoms with Gasteiger partial charge in [-0.2, -0.15) is 0 Å². The maximum atomic E-state index is 12.5. The van der Waals surface area contributed by atoms with Crippen molar-refractivity contribution in [2.75, 3.05) is 7.11 Å². The summed E-state index contributed by atoms with van der Waals surface area (Å²) in [6.07, 6.45) is 1.27. The molecule has 0 aliphatic rings. The van der Waals surface area contributed by atoms with E-state index in [-0.39, 0.29) is 21.4 Å². The molecule has 0 unspecified atom stereocenters. The van der Waals surface area contributed by atoms with Gasteiger partial charge in [0.25, 0.3) is 15.9 Å². The van der Waals surface area contributed by atoms with E-state index in [1.807, 2.05) is 17.7 Å². The van der Waals surface area contributed by atoms with Crippen LogP contribution in [0.2, 0.25) is 10.0 Å². The second-order valence-electron chi connectivity index (χ2n) is 5.73. The molecule has 146 valence electrons. The summed E-state index contributed by atoms with van der Waals surface area (Å²) in [4.78, 5) is 12.1. The number of carbonyl (C=O) groups excluding carboxylic acids is 1. The van der Waals surface area contributed by atoms with Crippen LogP contribution in [0.1, 0.15) is 16.1 Å². The first kappa shape index (κ1) is 20.1. The predicted molar refractivity (Wildman–Crippen MR) is 104 cm³/mol. The lowest BCUT2D eigenvalue weighted by Crippen LogP contribution is -2.31. The third-order valence-electron chi connectivity index (χ3n) is 3.73. The summed E-state index contributed by atoms with van der Waals surface area (Å²) in [5.41, 5.74) is 1.24. The number of methoxy groups -OCH3 is 1. The van der Waals surface area contributed by atoms with E-state index in [1.54, 1.807) is 12.1 Å². The maximum Gasteiger partial charge on any atom is 0.287 e. The summed E-state index contributed by atoms with van der Waals surface area (Å²) in [7, 11) is -2.87. The van der Waals surface area contributed by atoms with Gasteiger partial charge in [-0.3, -0.25) is 4.79 Å². The average molecular weight is 441 g/mol. The summed E-state index contributed by atoms with van der Waals surface area (Å²) in [6.45, 7) is 1.88. The third-order valence-corrected chi connectivity index (χ3v) is 5.85. The van der Waals surface area contributed by atoms with E-state index in [4.69, 9.17) is 27.9 Å². The largest absolute Gasteiger partial charge is 0.497 e. The number of halogens is 2. The van der Waals surface area contributed by atoms with Gasteiger partial charge in [0.1, 0.15) is 10.6 Å². The molecule has 1 N–H and O–H groups in total. The van der Waals surface area contributed by atoms with Crippen molar-refractivity contribution in [1.29, 1.82) is 0 Å². The molecular weight excluding hydrogens is 427 g/mol. The minimum Gasteiger partial charge on any atom is -0.497 e. The predicted octanol–water partition coefficient (Wildman–Crippen LogP) is 3.01. The van der Waals surface area contributed by atoms with E-state index < -0.39 is 15.9 Å². The van der Waals surface area contributed by atoms with Crippen molar-refractivity contribution < 1.29 is 17.9 Å². The number of hydrogen-bond donors (Lipinski definition) is 1. The number of hydrogen-bond acceptors (Lipinski definition) is 6. The zero-order chi connectivity index (χ0) is 20.5. The number of nitrogens with one attached hydrogen (secondary N) is 1. The fourth-order valence-corrected chi connectivity index (χ4v) is 4.13. The molecule has 0 saturated heterocycles. The summed E-state index contributed by atoms with van der Waals surface area (Å²) in [5.74, 6) is -0.689. The van der Waals surface area contributed by atoms with Crippen molar-refractivity contribution in [2.45, 2.75) is 11.8 Å². The van der Waals surface area contributed by atoms with Crippen LogP contribution < -0.4 is 9.46 Å². The monoisotopic (exact) mass is 440 g/mol. The van der Waals surface area contributed by atoms with Crippen molar-refractivity contribution in [3.63, 3.8) is 0 Å². The van der Waals surface area contributed by atoms with Crippen molar-refractivity contribution in [1.82, 2.24) is 19.7 Å². The van der Waals surface area contributed by atoms with Crippen LogP contribution in [-0.4, -0.2) is 36.4 Å². The normalized spacial score (nSPS) is 11.3. The zero-order valence-corrected chi connectivity index (χ0v) is 17.0. The lowest BCUT2D eigenvalue weighted by Gasteiger charge is -2.09. The van der Waals surface area contributed by atoms with Gasteiger partial charge in [-0.25, -0.2) is 17.8 Å². The Hall–Kier alpha value is -2.62. The van der Waals surface area contributed by atoms with Crippen LogP contribution in [0.15, 0.2) is 47.5 Å². The molecule has 0 radical (unpaired) electrons. The smallest absolute Gasteiger partial charge is 0.287 e. The van der Waals surface area contributed by atoms with Crippen LogP contribution in [-0.2, 0) is 10.0 Å². The number of aromatic nitrogens is 3. The summed E-state index contributed by atoms with van der Waals surface area (Å²) >= 11 is 12.1. The summed E-state index contributed by atoms with van der Waals surface area (Å²) < 4.78 is 33.2. The van der Waals surface area contributed by atoms with Crippen molar-refractivity contribution in [2.24, 2.45) is 0 Å². The van der Waals surface area contributed by atoms with Crippen LogP contribution in [0, 0.1) is 6.92 Å². The Morgan fingerprint density at radius 1 is 1.14 bits per heavy atom. The van der Waals surface area contributed by atoms with Gasteiger partial charge in [-0.15, -0.1) is 5.10 Å². The van der Waals surface area contributed by atoms with E-state index in [2.05, 4.69) is 10.3 Å². The molecule has 8 nitrogen and oxygen atoms in total. The van der Waals surface area contributed by atoms with Gasteiger partial charge in [-0.1, -0.05) is 34.5 Å². The number of amides is 1. The number of aryl methyl sites for hydroxylation is 1. The van der Waals surface area contributed by atoms with E-state index in [1.165, 1.54) is 36.2 Å². The Labute approximate surface area is 171 Å². The average Bonchev–Trinajstić information content (AvgIpc) is 3.11. The SMILES string of the molecule is COc1ccc(Cl)c(S(=O)(=O)NC(=O)c2cn(-c3ccc(C)cc3Cl)nn2)c1. The molecule has 28 heavy (non-hydrogen) atoms. The Morgan fingerprint density at radius 2 is 1.89 bits per heavy atom. The van der Waals surface area contributed by atoms with Crippen molar-refractivity contribution in [3.05, 3.63) is 63.9 Å². The first-order chi connectivity index (χ1) is 13.2. The van der Waals surface area contributed by atoms with Gasteiger partial charge >= 0.3 is 0 Å². The highest BCUT2D eigenvalue weighted by Crippen LogP contribution is 2.26. The van der Waals surface area contributed by atoms with Crippen LogP contribution in [0.3, 0.4) is 0 Å². The van der Waals surface area contributed by atoms with Crippen LogP contribution in [0.25, 0.3) is 5.69 Å². The molecule has 0 fully saturated rings. The molecule has 0 saturated carbocycles. The molecule has 0 aliphatic carbocycles. The molecule has 1 amide bonds. The fourth-order valence-electron chi connectivity index (χ4n) is 2.33. The standard InChI is InChI=1S/C17H14Cl2N4O4S/c1-10-3-6-15(13(19)7-10)23-9-14(20-22-23)17(24)21-28(25,26)16-8-11(27-2)4-5-12(16)18/h3-9H,1-2H3,(H,21,24). The zero-order valence-electron chi connectivity index (χ0n) is 14.7. The minimum absolute atomic E-state index is 0.0591. The van der Waals surface area contributed by atoms with E-state index in [0.717, 1.165) is 5.56 Å². The molecule has 0 atom stereocenters. The highest BCUT2D eigenvalue weighted by atomic mass is 35.5. The highest BCUT2D eigenvalue weighted by Gasteiger charge is 2.24. The van der Waals surface area contributed by atoms with Crippen molar-refractivity contribution in [3.8, 4) is 11.4 Å². The quantitative estimate of drug-likeness (QED) is 0.653. The molecule has 2 aromatic carbocycles. The molecule has 0 bridgehead atoms. The van der Waals surface area contributed by atoms with Crippen molar-refractivity contribution >= 4 is 39.1 Å². The number of carbonyl (C=O) groups is 1. The number of sulfonamides is 1. The fraction of sp³-hybridized carbons (Fsp3) is 0.118. The first-order valence-electron chi connectivity index (χ1n) is 7.81. The lowest BCUT2D eigenvalue weighted by molar-refractivity contribution is 0.0976. The molecule has 0 aliphatic heterocycles. The van der Waals surface area contributed by atoms with Gasteiger partial charge < -0.3 is 4.74 Å². The Kier molecular flexibility index (Phi) is 5.59. The van der Waals surface area contributed by atoms with Gasteiger partial charge in [-0.05, 0) is 36.8 Å². The van der Waals surface area contributed by atoms with Gasteiger partial charge in [0, 0.05) is 6.07 Å². The number of ether oxygens (including phenoxy) is 1. The van der Waals surface area contributed by atoms with Crippen LogP contribution >= 0.6 is 23.2 Å². The molecule has 3 aromatic rings. The summed E-state index contributed by atoms with van der Waals surface area (Å²) in [5, 5.41) is 7.89. The van der Waals surface area contributed by atoms with E-state index in [0.29, 0.717) is 10.7 Å². The van der Waals surface area contributed by atoms with Gasteiger partial charge in [0.2, 0.25) is 0 Å². The summed E-state index contributed by atoms with van der Waals surface area (Å²) in [6, 6.07) is 9.32. The molecule has 1 aromatic heterocycles. The van der Waals surface area contributed by atoms with Gasteiger partial charge in [0.05, 0.1) is 29.0 Å². The van der Waals surface area contributed by atoms with E-state index >= 15 is 0 Å². The van der Waals surface area contributed by atoms with Crippen LogP contribution in [0.5, 0.6) is 5.75 Å². The second kappa shape index (κ2) is 7.78.